The maximum absolute atomic E-state index is 13.6. The molecule has 3 rings (SSSR count). The zero-order valence-corrected chi connectivity index (χ0v) is 16.7. The van der Waals surface area contributed by atoms with Crippen LogP contribution in [0.3, 0.4) is 0 Å². The van der Waals surface area contributed by atoms with Crippen LogP contribution in [0.1, 0.15) is 0 Å². The third-order valence-electron chi connectivity index (χ3n) is 4.01. The summed E-state index contributed by atoms with van der Waals surface area (Å²) in [5.74, 6) is -0.279. The number of benzene rings is 2. The monoisotopic (exact) mass is 420 g/mol. The summed E-state index contributed by atoms with van der Waals surface area (Å²) in [4.78, 5) is 12.1. The lowest BCUT2D eigenvalue weighted by Crippen LogP contribution is -2.15. The Bertz CT molecular complexity index is 1040. The molecule has 0 fully saturated rings. The number of methoxy groups -OCH3 is 2. The molecule has 1 heterocycles. The fourth-order valence-electron chi connectivity index (χ4n) is 2.57. The summed E-state index contributed by atoms with van der Waals surface area (Å²) in [6.07, 6.45) is 0. The van der Waals surface area contributed by atoms with Crippen molar-refractivity contribution in [2.45, 2.75) is 5.16 Å². The van der Waals surface area contributed by atoms with Crippen LogP contribution in [0.5, 0.6) is 11.5 Å². The number of carbonyl (C=O) groups excluding carboxylic acids is 1. The van der Waals surface area contributed by atoms with E-state index < -0.39 is 17.5 Å². The molecule has 3 aromatic rings. The number of ether oxygens (including phenoxy) is 2. The maximum Gasteiger partial charge on any atom is 0.234 e. The second-order valence-corrected chi connectivity index (χ2v) is 6.84. The highest BCUT2D eigenvalue weighted by Crippen LogP contribution is 2.32. The average molecular weight is 420 g/mol. The number of hydrogen-bond donors (Lipinski definition) is 1. The topological polar surface area (TPSA) is 78.3 Å². The van der Waals surface area contributed by atoms with Crippen LogP contribution in [-0.2, 0) is 11.8 Å². The Morgan fingerprint density at radius 1 is 1.10 bits per heavy atom. The molecule has 0 radical (unpaired) electrons. The van der Waals surface area contributed by atoms with E-state index in [1.807, 2.05) is 6.07 Å². The van der Waals surface area contributed by atoms with Gasteiger partial charge < -0.3 is 19.4 Å². The van der Waals surface area contributed by atoms with Crippen molar-refractivity contribution in [3.05, 3.63) is 48.0 Å². The predicted octanol–water partition coefficient (Wildman–Crippen LogP) is 3.51. The second-order valence-electron chi connectivity index (χ2n) is 5.90. The highest BCUT2D eigenvalue weighted by molar-refractivity contribution is 7.99. The van der Waals surface area contributed by atoms with Crippen LogP contribution in [0.15, 0.2) is 41.6 Å². The van der Waals surface area contributed by atoms with Crippen molar-refractivity contribution in [3.8, 4) is 22.9 Å². The van der Waals surface area contributed by atoms with E-state index in [4.69, 9.17) is 9.47 Å². The molecule has 152 valence electrons. The van der Waals surface area contributed by atoms with Crippen molar-refractivity contribution >= 4 is 23.4 Å². The molecule has 0 aliphatic rings. The van der Waals surface area contributed by atoms with Crippen LogP contribution in [-0.4, -0.2) is 40.6 Å². The van der Waals surface area contributed by atoms with Crippen molar-refractivity contribution in [1.29, 1.82) is 0 Å². The highest BCUT2D eigenvalue weighted by Gasteiger charge is 2.15. The van der Waals surface area contributed by atoms with Crippen LogP contribution in [0.25, 0.3) is 11.4 Å². The Balaban J connectivity index is 1.69. The first-order valence-electron chi connectivity index (χ1n) is 8.42. The quantitative estimate of drug-likeness (QED) is 0.590. The molecule has 1 N–H and O–H groups in total. The Hall–Kier alpha value is -3.14. The van der Waals surface area contributed by atoms with Gasteiger partial charge in [0, 0.05) is 18.7 Å². The summed E-state index contributed by atoms with van der Waals surface area (Å²) in [6.45, 7) is 0. The highest BCUT2D eigenvalue weighted by atomic mass is 32.2. The van der Waals surface area contributed by atoms with Crippen molar-refractivity contribution in [3.63, 3.8) is 0 Å². The van der Waals surface area contributed by atoms with Crippen LogP contribution >= 0.6 is 11.8 Å². The lowest BCUT2D eigenvalue weighted by molar-refractivity contribution is -0.113. The average Bonchev–Trinajstić information content (AvgIpc) is 3.08. The van der Waals surface area contributed by atoms with Gasteiger partial charge in [0.1, 0.15) is 11.6 Å². The lowest BCUT2D eigenvalue weighted by Gasteiger charge is -2.09. The molecular formula is C19H18F2N4O3S. The zero-order chi connectivity index (χ0) is 21.0. The van der Waals surface area contributed by atoms with Gasteiger partial charge in [0.15, 0.2) is 22.5 Å². The summed E-state index contributed by atoms with van der Waals surface area (Å²) in [6, 6.07) is 8.32. The Labute approximate surface area is 170 Å². The Kier molecular flexibility index (Phi) is 6.32. The minimum absolute atomic E-state index is 0.0191. The van der Waals surface area contributed by atoms with E-state index >= 15 is 0 Å². The molecule has 0 saturated heterocycles. The van der Waals surface area contributed by atoms with Gasteiger partial charge in [-0.3, -0.25) is 4.79 Å². The SMILES string of the molecule is COc1ccc(-c2nnc(SCC(=O)Nc3ccc(F)cc3F)n2C)cc1OC. The number of halogens is 2. The fourth-order valence-corrected chi connectivity index (χ4v) is 3.29. The van der Waals surface area contributed by atoms with Gasteiger partial charge in [-0.1, -0.05) is 11.8 Å². The molecule has 10 heteroatoms. The summed E-state index contributed by atoms with van der Waals surface area (Å²) in [5.41, 5.74) is 0.684. The van der Waals surface area contributed by atoms with Crippen molar-refractivity contribution in [2.24, 2.45) is 7.05 Å². The zero-order valence-electron chi connectivity index (χ0n) is 15.9. The number of nitrogens with one attached hydrogen (secondary N) is 1. The Morgan fingerprint density at radius 2 is 1.86 bits per heavy atom. The number of nitrogens with zero attached hydrogens (tertiary/aromatic N) is 3. The normalized spacial score (nSPS) is 10.7. The molecule has 0 aliphatic carbocycles. The number of hydrogen-bond acceptors (Lipinski definition) is 6. The first-order valence-corrected chi connectivity index (χ1v) is 9.41. The van der Waals surface area contributed by atoms with Crippen molar-refractivity contribution in [1.82, 2.24) is 14.8 Å². The summed E-state index contributed by atoms with van der Waals surface area (Å²) >= 11 is 1.14. The van der Waals surface area contributed by atoms with Crippen LogP contribution in [0.4, 0.5) is 14.5 Å². The fraction of sp³-hybridized carbons (Fsp3) is 0.211. The smallest absolute Gasteiger partial charge is 0.234 e. The molecular weight excluding hydrogens is 402 g/mol. The third kappa shape index (κ3) is 4.65. The molecule has 1 aromatic heterocycles. The number of aromatic nitrogens is 3. The second kappa shape index (κ2) is 8.91. The molecule has 0 saturated carbocycles. The standard InChI is InChI=1S/C19H18F2N4O3S/c1-25-18(11-4-7-15(27-2)16(8-11)28-3)23-24-19(25)29-10-17(26)22-14-6-5-12(20)9-13(14)21/h4-9H,10H2,1-3H3,(H,22,26). The molecule has 0 bridgehead atoms. The van der Waals surface area contributed by atoms with E-state index in [-0.39, 0.29) is 11.4 Å². The number of thioether (sulfide) groups is 1. The maximum atomic E-state index is 13.6. The van der Waals surface area contributed by atoms with E-state index in [9.17, 15) is 13.6 Å². The molecule has 0 spiro atoms. The van der Waals surface area contributed by atoms with Gasteiger partial charge in [0.25, 0.3) is 0 Å². The first-order chi connectivity index (χ1) is 13.9. The minimum Gasteiger partial charge on any atom is -0.493 e. The number of carbonyl (C=O) groups is 1. The van der Waals surface area contributed by atoms with Crippen LogP contribution in [0.2, 0.25) is 0 Å². The molecule has 0 atom stereocenters. The van der Waals surface area contributed by atoms with Crippen LogP contribution in [0, 0.1) is 11.6 Å². The summed E-state index contributed by atoms with van der Waals surface area (Å²) in [5, 5.41) is 11.2. The molecule has 1 amide bonds. The van der Waals surface area contributed by atoms with Gasteiger partial charge in [-0.25, -0.2) is 8.78 Å². The summed E-state index contributed by atoms with van der Waals surface area (Å²) < 4.78 is 38.8. The minimum atomic E-state index is -0.835. The largest absolute Gasteiger partial charge is 0.493 e. The molecule has 2 aromatic carbocycles. The summed E-state index contributed by atoms with van der Waals surface area (Å²) in [7, 11) is 4.87. The van der Waals surface area contributed by atoms with E-state index in [1.165, 1.54) is 6.07 Å². The molecule has 29 heavy (non-hydrogen) atoms. The van der Waals surface area contributed by atoms with Gasteiger partial charge in [0.05, 0.1) is 25.7 Å². The van der Waals surface area contributed by atoms with Gasteiger partial charge in [-0.2, -0.15) is 0 Å². The number of anilines is 1. The predicted molar refractivity (Wildman–Crippen MR) is 105 cm³/mol. The Morgan fingerprint density at radius 3 is 2.55 bits per heavy atom. The van der Waals surface area contributed by atoms with Crippen molar-refractivity contribution in [2.75, 3.05) is 25.3 Å². The van der Waals surface area contributed by atoms with E-state index in [0.29, 0.717) is 28.5 Å². The first kappa shape index (κ1) is 20.6. The molecule has 7 nitrogen and oxygen atoms in total. The van der Waals surface area contributed by atoms with Crippen LogP contribution < -0.4 is 14.8 Å². The van der Waals surface area contributed by atoms with Gasteiger partial charge in [-0.05, 0) is 30.3 Å². The molecule has 0 aliphatic heterocycles. The molecule has 0 unspecified atom stereocenters. The third-order valence-corrected chi connectivity index (χ3v) is 5.03. The van der Waals surface area contributed by atoms with Gasteiger partial charge in [0.2, 0.25) is 5.91 Å². The van der Waals surface area contributed by atoms with Gasteiger partial charge in [-0.15, -0.1) is 10.2 Å². The number of amides is 1. The van der Waals surface area contributed by atoms with E-state index in [1.54, 1.807) is 38.0 Å². The van der Waals surface area contributed by atoms with E-state index in [2.05, 4.69) is 15.5 Å². The lowest BCUT2D eigenvalue weighted by atomic mass is 10.2. The number of rotatable bonds is 7. The van der Waals surface area contributed by atoms with E-state index in [0.717, 1.165) is 23.4 Å². The van der Waals surface area contributed by atoms with Crippen molar-refractivity contribution < 1.29 is 23.0 Å². The van der Waals surface area contributed by atoms with Gasteiger partial charge >= 0.3 is 0 Å².